The van der Waals surface area contributed by atoms with Crippen LogP contribution < -0.4 is 14.2 Å². The highest BCUT2D eigenvalue weighted by Crippen LogP contribution is 2.40. The standard InChI is InChI=1S/C33H39N3O6/c1-40-32-14-25(8-9-31(32)42-21-22-2-4-23(5-3-22)24-6-7-24)26-17-36(18-26)33(39)30-16-29(10-11-34-30)41-13-12-35-19-28(38)15-27(35)20-37/h2-5,8-11,14,16,24,26-28,37-38H,6-7,12-13,15,17-21H2,1H3/t27-,28+/m0/s1. The fourth-order valence-electron chi connectivity index (χ4n) is 5.86. The van der Waals surface area contributed by atoms with Crippen molar-refractivity contribution in [1.29, 1.82) is 0 Å². The number of aliphatic hydroxyl groups is 2. The van der Waals surface area contributed by atoms with E-state index in [1.54, 1.807) is 30.3 Å². The molecule has 0 radical (unpaired) electrons. The molecule has 1 aliphatic carbocycles. The number of nitrogens with zero attached hydrogens (tertiary/aromatic N) is 3. The molecule has 3 aliphatic rings. The summed E-state index contributed by atoms with van der Waals surface area (Å²) < 4.78 is 17.6. The van der Waals surface area contributed by atoms with E-state index in [4.69, 9.17) is 14.2 Å². The molecule has 9 heteroatoms. The predicted molar refractivity (Wildman–Crippen MR) is 157 cm³/mol. The van der Waals surface area contributed by atoms with Gasteiger partial charge < -0.3 is 29.3 Å². The number of methoxy groups -OCH3 is 1. The van der Waals surface area contributed by atoms with E-state index < -0.39 is 6.10 Å². The van der Waals surface area contributed by atoms with Crippen LogP contribution in [0.1, 0.15) is 58.3 Å². The SMILES string of the molecule is COc1cc(C2CN(C(=O)c3cc(OCCN4C[C@H](O)C[C@H]4CO)ccn3)C2)ccc1OCc1ccc(C2CC2)cc1. The fourth-order valence-corrected chi connectivity index (χ4v) is 5.86. The molecule has 1 amide bonds. The first-order valence-electron chi connectivity index (χ1n) is 14.8. The van der Waals surface area contributed by atoms with Gasteiger partial charge in [0.2, 0.25) is 0 Å². The van der Waals surface area contributed by atoms with Crippen LogP contribution in [-0.4, -0.2) is 89.6 Å². The first-order valence-corrected chi connectivity index (χ1v) is 14.8. The molecule has 0 unspecified atom stereocenters. The summed E-state index contributed by atoms with van der Waals surface area (Å²) in [5.74, 6) is 2.79. The van der Waals surface area contributed by atoms with E-state index in [9.17, 15) is 15.0 Å². The molecule has 222 valence electrons. The molecule has 1 saturated carbocycles. The molecule has 6 rings (SSSR count). The number of hydrogen-bond donors (Lipinski definition) is 2. The molecule has 2 atom stereocenters. The highest BCUT2D eigenvalue weighted by Gasteiger charge is 2.34. The number of likely N-dealkylation sites (tertiary alicyclic amines) is 2. The van der Waals surface area contributed by atoms with Gasteiger partial charge in [-0.15, -0.1) is 0 Å². The molecule has 2 N–H and O–H groups in total. The number of aliphatic hydroxyl groups excluding tert-OH is 2. The highest BCUT2D eigenvalue weighted by molar-refractivity contribution is 5.93. The first-order chi connectivity index (χ1) is 20.5. The van der Waals surface area contributed by atoms with E-state index in [0.717, 1.165) is 17.0 Å². The molecule has 2 saturated heterocycles. The number of benzene rings is 2. The van der Waals surface area contributed by atoms with E-state index in [1.807, 2.05) is 23.1 Å². The van der Waals surface area contributed by atoms with Gasteiger partial charge in [0.1, 0.15) is 24.7 Å². The summed E-state index contributed by atoms with van der Waals surface area (Å²) in [5.41, 5.74) is 4.00. The average Bonchev–Trinajstić information content (AvgIpc) is 3.78. The lowest BCUT2D eigenvalue weighted by atomic mass is 9.91. The molecular formula is C33H39N3O6. The molecule has 3 aromatic rings. The monoisotopic (exact) mass is 573 g/mol. The van der Waals surface area contributed by atoms with Crippen LogP contribution >= 0.6 is 0 Å². The van der Waals surface area contributed by atoms with Gasteiger partial charge in [0.25, 0.3) is 5.91 Å². The summed E-state index contributed by atoms with van der Waals surface area (Å²) in [5, 5.41) is 19.4. The third kappa shape index (κ3) is 6.53. The number of hydrogen-bond acceptors (Lipinski definition) is 8. The van der Waals surface area contributed by atoms with Gasteiger partial charge in [-0.3, -0.25) is 14.7 Å². The van der Waals surface area contributed by atoms with E-state index in [2.05, 4.69) is 29.2 Å². The summed E-state index contributed by atoms with van der Waals surface area (Å²) in [7, 11) is 1.65. The van der Waals surface area contributed by atoms with Crippen LogP contribution in [0, 0.1) is 0 Å². The van der Waals surface area contributed by atoms with Crippen molar-refractivity contribution in [3.8, 4) is 17.2 Å². The molecule has 0 spiro atoms. The third-order valence-electron chi connectivity index (χ3n) is 8.56. The van der Waals surface area contributed by atoms with Gasteiger partial charge in [0.15, 0.2) is 11.5 Å². The summed E-state index contributed by atoms with van der Waals surface area (Å²) in [4.78, 5) is 21.2. The number of carbonyl (C=O) groups is 1. The summed E-state index contributed by atoms with van der Waals surface area (Å²) >= 11 is 0. The Balaban J connectivity index is 0.991. The molecule has 9 nitrogen and oxygen atoms in total. The molecule has 1 aromatic heterocycles. The minimum Gasteiger partial charge on any atom is -0.493 e. The van der Waals surface area contributed by atoms with Crippen LogP contribution in [0.4, 0.5) is 0 Å². The first kappa shape index (κ1) is 28.5. The second kappa shape index (κ2) is 12.7. The van der Waals surface area contributed by atoms with E-state index in [0.29, 0.717) is 68.8 Å². The summed E-state index contributed by atoms with van der Waals surface area (Å²) in [6.45, 7) is 3.20. The topological polar surface area (TPSA) is 105 Å². The van der Waals surface area contributed by atoms with Gasteiger partial charge in [-0.2, -0.15) is 0 Å². The lowest BCUT2D eigenvalue weighted by molar-refractivity contribution is 0.0595. The van der Waals surface area contributed by atoms with Gasteiger partial charge in [0.05, 0.1) is 19.8 Å². The summed E-state index contributed by atoms with van der Waals surface area (Å²) in [6.07, 6.45) is 4.33. The van der Waals surface area contributed by atoms with Crippen molar-refractivity contribution >= 4 is 5.91 Å². The zero-order valence-corrected chi connectivity index (χ0v) is 24.0. The van der Waals surface area contributed by atoms with Gasteiger partial charge in [-0.05, 0) is 60.1 Å². The highest BCUT2D eigenvalue weighted by atomic mass is 16.5. The lowest BCUT2D eigenvalue weighted by Gasteiger charge is -2.39. The number of ether oxygens (including phenoxy) is 3. The average molecular weight is 574 g/mol. The second-order valence-corrected chi connectivity index (χ2v) is 11.6. The maximum Gasteiger partial charge on any atom is 0.272 e. The van der Waals surface area contributed by atoms with Crippen LogP contribution in [0.25, 0.3) is 0 Å². The molecule has 2 aliphatic heterocycles. The number of amides is 1. The van der Waals surface area contributed by atoms with Gasteiger partial charge in [-0.25, -0.2) is 0 Å². The van der Waals surface area contributed by atoms with Gasteiger partial charge in [0, 0.05) is 50.4 Å². The maximum atomic E-state index is 13.1. The van der Waals surface area contributed by atoms with Gasteiger partial charge in [-0.1, -0.05) is 30.3 Å². The van der Waals surface area contributed by atoms with E-state index >= 15 is 0 Å². The van der Waals surface area contributed by atoms with Crippen molar-refractivity contribution in [1.82, 2.24) is 14.8 Å². The minimum atomic E-state index is -0.417. The number of aromatic nitrogens is 1. The number of β-amino-alcohol motifs (C(OH)–C–C–N with tert-alkyl or cyclic N) is 1. The Kier molecular flexibility index (Phi) is 8.60. The Bertz CT molecular complexity index is 1370. The van der Waals surface area contributed by atoms with Crippen molar-refractivity contribution in [2.75, 3.05) is 46.5 Å². The van der Waals surface area contributed by atoms with Crippen molar-refractivity contribution in [3.63, 3.8) is 0 Å². The van der Waals surface area contributed by atoms with Crippen LogP contribution in [0.3, 0.4) is 0 Å². The molecule has 42 heavy (non-hydrogen) atoms. The Morgan fingerprint density at radius 2 is 1.74 bits per heavy atom. The molecule has 3 fully saturated rings. The molecule has 3 heterocycles. The van der Waals surface area contributed by atoms with Crippen LogP contribution in [0.5, 0.6) is 17.2 Å². The minimum absolute atomic E-state index is 0.0156. The zero-order chi connectivity index (χ0) is 29.1. The molecule has 2 aromatic carbocycles. The van der Waals surface area contributed by atoms with Crippen LogP contribution in [0.2, 0.25) is 0 Å². The quantitative estimate of drug-likeness (QED) is 0.339. The molecule has 0 bridgehead atoms. The summed E-state index contributed by atoms with van der Waals surface area (Å²) in [6, 6.07) is 18.0. The maximum absolute atomic E-state index is 13.1. The predicted octanol–water partition coefficient (Wildman–Crippen LogP) is 3.59. The van der Waals surface area contributed by atoms with Crippen molar-refractivity contribution < 1.29 is 29.2 Å². The Morgan fingerprint density at radius 1 is 0.952 bits per heavy atom. The Hall–Kier alpha value is -3.66. The van der Waals surface area contributed by atoms with E-state index in [-0.39, 0.29) is 24.5 Å². The smallest absolute Gasteiger partial charge is 0.272 e. The lowest BCUT2D eigenvalue weighted by Crippen LogP contribution is -2.48. The fraction of sp³-hybridized carbons (Fsp3) is 0.455. The van der Waals surface area contributed by atoms with Crippen LogP contribution in [-0.2, 0) is 6.61 Å². The number of carbonyl (C=O) groups excluding carboxylic acids is 1. The van der Waals surface area contributed by atoms with Crippen molar-refractivity contribution in [2.45, 2.75) is 49.9 Å². The van der Waals surface area contributed by atoms with E-state index in [1.165, 1.54) is 18.4 Å². The second-order valence-electron chi connectivity index (χ2n) is 11.6. The normalized spacial score (nSPS) is 20.8. The van der Waals surface area contributed by atoms with Crippen molar-refractivity contribution in [3.05, 3.63) is 83.2 Å². The number of rotatable bonds is 12. The third-order valence-corrected chi connectivity index (χ3v) is 8.56. The van der Waals surface area contributed by atoms with Crippen LogP contribution in [0.15, 0.2) is 60.8 Å². The Morgan fingerprint density at radius 3 is 2.48 bits per heavy atom. The van der Waals surface area contributed by atoms with Gasteiger partial charge >= 0.3 is 0 Å². The largest absolute Gasteiger partial charge is 0.493 e. The molecular weight excluding hydrogens is 534 g/mol. The number of pyridine rings is 1. The zero-order valence-electron chi connectivity index (χ0n) is 24.0. The van der Waals surface area contributed by atoms with Crippen molar-refractivity contribution in [2.24, 2.45) is 0 Å². The Labute approximate surface area is 246 Å².